The van der Waals surface area contributed by atoms with E-state index in [2.05, 4.69) is 0 Å². The summed E-state index contributed by atoms with van der Waals surface area (Å²) >= 11 is 0. The van der Waals surface area contributed by atoms with E-state index in [1.54, 1.807) is 24.3 Å². The summed E-state index contributed by atoms with van der Waals surface area (Å²) in [5.74, 6) is -0.443. The van der Waals surface area contributed by atoms with Crippen molar-refractivity contribution in [3.63, 3.8) is 0 Å². The van der Waals surface area contributed by atoms with Crippen LogP contribution >= 0.6 is 0 Å². The van der Waals surface area contributed by atoms with Gasteiger partial charge in [0.2, 0.25) is 0 Å². The van der Waals surface area contributed by atoms with Crippen molar-refractivity contribution in [1.82, 2.24) is 4.90 Å². The van der Waals surface area contributed by atoms with E-state index in [0.29, 0.717) is 18.7 Å². The molecule has 0 atom stereocenters. The van der Waals surface area contributed by atoms with Gasteiger partial charge in [0, 0.05) is 25.6 Å². The molecule has 0 spiro atoms. The second kappa shape index (κ2) is 5.48. The molecule has 2 rings (SSSR count). The van der Waals surface area contributed by atoms with Crippen LogP contribution in [-0.4, -0.2) is 29.2 Å². The van der Waals surface area contributed by atoms with Crippen LogP contribution in [0.4, 0.5) is 0 Å². The average Bonchev–Trinajstić information content (AvgIpc) is 2.68. The predicted molar refractivity (Wildman–Crippen MR) is 67.3 cm³/mol. The van der Waals surface area contributed by atoms with Gasteiger partial charge in [-0.1, -0.05) is 12.1 Å². The van der Waals surface area contributed by atoms with Gasteiger partial charge in [-0.05, 0) is 24.1 Å². The normalized spacial score (nSPS) is 14.1. The van der Waals surface area contributed by atoms with Gasteiger partial charge in [0.25, 0.3) is 11.8 Å². The number of benzene rings is 1. The van der Waals surface area contributed by atoms with Crippen LogP contribution in [0.5, 0.6) is 5.75 Å². The molecule has 0 bridgehead atoms. The monoisotopic (exact) mass is 259 g/mol. The molecule has 0 radical (unpaired) electrons. The highest BCUT2D eigenvalue weighted by Crippen LogP contribution is 2.14. The first kappa shape index (κ1) is 13.0. The van der Waals surface area contributed by atoms with Gasteiger partial charge < -0.3 is 4.74 Å². The highest BCUT2D eigenvalue weighted by atomic mass is 16.5. The van der Waals surface area contributed by atoms with E-state index < -0.39 is 0 Å². The molecule has 0 N–H and O–H groups in total. The molecule has 0 aliphatic carbocycles. The van der Waals surface area contributed by atoms with Crippen LogP contribution in [0.3, 0.4) is 0 Å². The first-order valence-corrected chi connectivity index (χ1v) is 5.87. The predicted octanol–water partition coefficient (Wildman–Crippen LogP) is 1.08. The summed E-state index contributed by atoms with van der Waals surface area (Å²) in [6.45, 7) is 1.68. The second-order valence-corrected chi connectivity index (χ2v) is 4.15. The molecule has 1 aromatic rings. The lowest BCUT2D eigenvalue weighted by Crippen LogP contribution is -2.31. The number of carbonyl (C=O) groups is 3. The Morgan fingerprint density at radius 2 is 1.68 bits per heavy atom. The second-order valence-electron chi connectivity index (χ2n) is 4.15. The third-order valence-electron chi connectivity index (χ3n) is 2.71. The van der Waals surface area contributed by atoms with E-state index in [-0.39, 0.29) is 17.8 Å². The molecule has 5 nitrogen and oxygen atoms in total. The Labute approximate surface area is 110 Å². The van der Waals surface area contributed by atoms with Gasteiger partial charge in [0.1, 0.15) is 5.75 Å². The number of rotatable bonds is 4. The minimum Gasteiger partial charge on any atom is -0.427 e. The highest BCUT2D eigenvalue weighted by Gasteiger charge is 2.22. The summed E-state index contributed by atoms with van der Waals surface area (Å²) in [5.41, 5.74) is 0.961. The number of ether oxygens (including phenoxy) is 1. The number of hydrogen-bond donors (Lipinski definition) is 0. The Bertz CT molecular complexity index is 527. The van der Waals surface area contributed by atoms with Crippen molar-refractivity contribution in [2.24, 2.45) is 0 Å². The van der Waals surface area contributed by atoms with Gasteiger partial charge in [-0.25, -0.2) is 0 Å². The van der Waals surface area contributed by atoms with Crippen LogP contribution in [0.25, 0.3) is 0 Å². The van der Waals surface area contributed by atoms with Crippen molar-refractivity contribution in [3.05, 3.63) is 42.0 Å². The van der Waals surface area contributed by atoms with Crippen LogP contribution in [-0.2, 0) is 20.8 Å². The summed E-state index contributed by atoms with van der Waals surface area (Å²) in [5, 5.41) is 0. The first-order chi connectivity index (χ1) is 9.06. The van der Waals surface area contributed by atoms with E-state index in [9.17, 15) is 14.4 Å². The van der Waals surface area contributed by atoms with Gasteiger partial charge in [0.05, 0.1) is 0 Å². The zero-order chi connectivity index (χ0) is 13.8. The van der Waals surface area contributed by atoms with Gasteiger partial charge in [0.15, 0.2) is 0 Å². The third kappa shape index (κ3) is 3.28. The maximum Gasteiger partial charge on any atom is 0.308 e. The van der Waals surface area contributed by atoms with Crippen LogP contribution in [0.15, 0.2) is 36.4 Å². The number of nitrogens with zero attached hydrogens (tertiary/aromatic N) is 1. The van der Waals surface area contributed by atoms with Gasteiger partial charge in [-0.2, -0.15) is 0 Å². The Balaban J connectivity index is 1.91. The summed E-state index contributed by atoms with van der Waals surface area (Å²) < 4.78 is 4.91. The molecule has 1 aromatic carbocycles. The van der Waals surface area contributed by atoms with E-state index in [1.165, 1.54) is 24.0 Å². The minimum atomic E-state index is -0.368. The molecule has 19 heavy (non-hydrogen) atoms. The minimum absolute atomic E-state index is 0.276. The lowest BCUT2D eigenvalue weighted by Gasteiger charge is -2.13. The molecule has 0 aromatic heterocycles. The Morgan fingerprint density at radius 3 is 2.21 bits per heavy atom. The molecule has 1 aliphatic rings. The molecule has 2 amide bonds. The number of hydrogen-bond acceptors (Lipinski definition) is 4. The Hall–Kier alpha value is -2.43. The SMILES string of the molecule is CC(=O)Oc1ccc(CCN2C(=O)C=CC2=O)cc1. The third-order valence-corrected chi connectivity index (χ3v) is 2.71. The van der Waals surface area contributed by atoms with Crippen LogP contribution in [0, 0.1) is 0 Å². The fourth-order valence-corrected chi connectivity index (χ4v) is 1.78. The van der Waals surface area contributed by atoms with Gasteiger partial charge in [-0.3, -0.25) is 19.3 Å². The van der Waals surface area contributed by atoms with Gasteiger partial charge in [-0.15, -0.1) is 0 Å². The fraction of sp³-hybridized carbons (Fsp3) is 0.214. The molecular weight excluding hydrogens is 246 g/mol. The van der Waals surface area contributed by atoms with Gasteiger partial charge >= 0.3 is 5.97 Å². The van der Waals surface area contributed by atoms with E-state index in [1.807, 2.05) is 0 Å². The van der Waals surface area contributed by atoms with Crippen molar-refractivity contribution in [2.45, 2.75) is 13.3 Å². The van der Waals surface area contributed by atoms with Crippen LogP contribution < -0.4 is 4.74 Å². The maximum absolute atomic E-state index is 11.3. The van der Waals surface area contributed by atoms with E-state index in [0.717, 1.165) is 5.56 Å². The standard InChI is InChI=1S/C14H13NO4/c1-10(16)19-12-4-2-11(3-5-12)8-9-15-13(17)6-7-14(15)18/h2-7H,8-9H2,1H3. The lowest BCUT2D eigenvalue weighted by atomic mass is 10.1. The Morgan fingerprint density at radius 1 is 1.11 bits per heavy atom. The molecule has 0 unspecified atom stereocenters. The first-order valence-electron chi connectivity index (χ1n) is 5.87. The summed E-state index contributed by atoms with van der Waals surface area (Å²) in [6.07, 6.45) is 3.11. The van der Waals surface area contributed by atoms with E-state index in [4.69, 9.17) is 4.74 Å². The van der Waals surface area contributed by atoms with Crippen molar-refractivity contribution in [3.8, 4) is 5.75 Å². The zero-order valence-corrected chi connectivity index (χ0v) is 10.5. The summed E-state index contributed by atoms with van der Waals surface area (Å²) in [6, 6.07) is 6.97. The molecule has 5 heteroatoms. The molecule has 1 heterocycles. The van der Waals surface area contributed by atoms with Crippen molar-refractivity contribution in [1.29, 1.82) is 0 Å². The van der Waals surface area contributed by atoms with Crippen LogP contribution in [0.2, 0.25) is 0 Å². The molecule has 98 valence electrons. The molecule has 0 saturated heterocycles. The molecule has 1 aliphatic heterocycles. The largest absolute Gasteiger partial charge is 0.427 e. The van der Waals surface area contributed by atoms with Crippen LogP contribution in [0.1, 0.15) is 12.5 Å². The van der Waals surface area contributed by atoms with E-state index >= 15 is 0 Å². The summed E-state index contributed by atoms with van der Waals surface area (Å²) in [7, 11) is 0. The number of esters is 1. The molecule has 0 saturated carbocycles. The molecule has 0 fully saturated rings. The van der Waals surface area contributed by atoms with Crippen molar-refractivity contribution >= 4 is 17.8 Å². The quantitative estimate of drug-likeness (QED) is 0.461. The number of imide groups is 1. The average molecular weight is 259 g/mol. The number of carbonyl (C=O) groups excluding carboxylic acids is 3. The highest BCUT2D eigenvalue weighted by molar-refractivity contribution is 6.12. The topological polar surface area (TPSA) is 63.7 Å². The fourth-order valence-electron chi connectivity index (χ4n) is 1.78. The van der Waals surface area contributed by atoms with Crippen molar-refractivity contribution < 1.29 is 19.1 Å². The Kier molecular flexibility index (Phi) is 3.75. The molecular formula is C14H13NO4. The van der Waals surface area contributed by atoms with Crippen molar-refractivity contribution in [2.75, 3.05) is 6.54 Å². The lowest BCUT2D eigenvalue weighted by molar-refractivity contribution is -0.137. The summed E-state index contributed by atoms with van der Waals surface area (Å²) in [4.78, 5) is 34.6. The zero-order valence-electron chi connectivity index (χ0n) is 10.5. The maximum atomic E-state index is 11.3. The smallest absolute Gasteiger partial charge is 0.308 e. The number of amides is 2.